The van der Waals surface area contributed by atoms with Crippen LogP contribution in [0.25, 0.3) is 56.2 Å². The number of imidazole rings is 2. The molecule has 6 aromatic rings. The van der Waals surface area contributed by atoms with Gasteiger partial charge in [0, 0.05) is 10.8 Å². The lowest BCUT2D eigenvalue weighted by Crippen LogP contribution is -1.79. The summed E-state index contributed by atoms with van der Waals surface area (Å²) in [6, 6.07) is 12.5. The summed E-state index contributed by atoms with van der Waals surface area (Å²) >= 11 is 3.12. The molecule has 0 aliphatic heterocycles. The number of H-pyrrole nitrogens is 2. The Bertz CT molecular complexity index is 1300. The predicted octanol–water partition coefficient (Wildman–Crippen LogP) is 5.35. The lowest BCUT2D eigenvalue weighted by atomic mass is 10.0. The topological polar surface area (TPSA) is 83.1 Å². The summed E-state index contributed by atoms with van der Waals surface area (Å²) in [5.74, 6) is 1.59. The molecule has 6 rings (SSSR count). The quantitative estimate of drug-likeness (QED) is 0.419. The van der Waals surface area contributed by atoms with Crippen molar-refractivity contribution < 1.29 is 0 Å². The van der Waals surface area contributed by atoms with E-state index in [4.69, 9.17) is 4.98 Å². The Morgan fingerprint density at radius 3 is 2.00 bits per heavy atom. The highest BCUT2D eigenvalue weighted by Gasteiger charge is 2.11. The molecule has 28 heavy (non-hydrogen) atoms. The van der Waals surface area contributed by atoms with Crippen LogP contribution in [0.4, 0.5) is 0 Å². The number of aromatic nitrogens is 6. The van der Waals surface area contributed by atoms with E-state index in [1.807, 2.05) is 27.8 Å². The van der Waals surface area contributed by atoms with Crippen LogP contribution in [0.2, 0.25) is 0 Å². The fourth-order valence-electron chi connectivity index (χ4n) is 3.28. The van der Waals surface area contributed by atoms with Crippen molar-refractivity contribution in [3.05, 3.63) is 58.2 Å². The van der Waals surface area contributed by atoms with Crippen LogP contribution >= 0.6 is 22.7 Å². The Hall–Kier alpha value is -3.36. The number of hydrogen-bond acceptors (Lipinski definition) is 6. The molecule has 2 aromatic carbocycles. The lowest BCUT2D eigenvalue weighted by molar-refractivity contribution is 1.27. The molecule has 4 heterocycles. The van der Waals surface area contributed by atoms with Crippen molar-refractivity contribution in [2.75, 3.05) is 0 Å². The molecule has 0 fully saturated rings. The summed E-state index contributed by atoms with van der Waals surface area (Å²) in [7, 11) is 0. The average Bonchev–Trinajstić information content (AvgIpc) is 3.52. The molecule has 0 unspecified atom stereocenters. The summed E-state index contributed by atoms with van der Waals surface area (Å²) in [4.78, 5) is 24.7. The molecule has 8 heteroatoms. The van der Waals surface area contributed by atoms with Crippen LogP contribution in [0.1, 0.15) is 0 Å². The maximum absolute atomic E-state index is 4.70. The van der Waals surface area contributed by atoms with E-state index in [-0.39, 0.29) is 0 Å². The van der Waals surface area contributed by atoms with Gasteiger partial charge in [-0.1, -0.05) is 12.1 Å². The minimum atomic E-state index is 0.795. The van der Waals surface area contributed by atoms with Gasteiger partial charge in [-0.2, -0.15) is 0 Å². The van der Waals surface area contributed by atoms with Crippen LogP contribution in [-0.2, 0) is 0 Å². The molecule has 0 aliphatic carbocycles. The Morgan fingerprint density at radius 1 is 0.643 bits per heavy atom. The molecular weight excluding hydrogens is 388 g/mol. The fraction of sp³-hybridized carbons (Fsp3) is 0. The standard InChI is InChI=1S/C20H12N6S2/c1-3-13-15(25-19(23-13)17-7-27-9-21-17)5-11(1)12-2-4-14-16(6-12)26-20(24-14)18-8-28-10-22-18/h1-10H,(H,23,25)(H,24,26). The number of nitrogens with one attached hydrogen (secondary N) is 2. The summed E-state index contributed by atoms with van der Waals surface area (Å²) in [6.07, 6.45) is 0. The van der Waals surface area contributed by atoms with Gasteiger partial charge in [-0.15, -0.1) is 22.7 Å². The van der Waals surface area contributed by atoms with E-state index in [1.165, 1.54) is 0 Å². The van der Waals surface area contributed by atoms with Crippen LogP contribution < -0.4 is 0 Å². The van der Waals surface area contributed by atoms with Gasteiger partial charge in [-0.05, 0) is 35.4 Å². The van der Waals surface area contributed by atoms with Gasteiger partial charge in [0.2, 0.25) is 0 Å². The van der Waals surface area contributed by atoms with Gasteiger partial charge in [0.25, 0.3) is 0 Å². The first kappa shape index (κ1) is 15.7. The maximum atomic E-state index is 4.70. The SMILES string of the molecule is c1nc(-c2nc3cc(-c4ccc5nc(-c6cscn6)[nH]c5c4)ccc3[nH]2)cs1. The lowest BCUT2D eigenvalue weighted by Gasteiger charge is -2.01. The summed E-state index contributed by atoms with van der Waals surface area (Å²) in [5, 5.41) is 3.98. The smallest absolute Gasteiger partial charge is 0.158 e. The molecule has 0 atom stereocenters. The molecule has 0 spiro atoms. The zero-order chi connectivity index (χ0) is 18.5. The van der Waals surface area contributed by atoms with Crippen LogP contribution in [0.15, 0.2) is 58.2 Å². The van der Waals surface area contributed by atoms with Gasteiger partial charge < -0.3 is 9.97 Å². The first-order chi connectivity index (χ1) is 13.8. The van der Waals surface area contributed by atoms with Crippen LogP contribution in [0.5, 0.6) is 0 Å². The van der Waals surface area contributed by atoms with E-state index in [0.717, 1.165) is 56.2 Å². The number of hydrogen-bond donors (Lipinski definition) is 2. The third kappa shape index (κ3) is 2.54. The Morgan fingerprint density at radius 2 is 1.29 bits per heavy atom. The average molecular weight is 400 g/mol. The van der Waals surface area contributed by atoms with Crippen LogP contribution in [0.3, 0.4) is 0 Å². The van der Waals surface area contributed by atoms with Gasteiger partial charge >= 0.3 is 0 Å². The van der Waals surface area contributed by atoms with E-state index in [0.29, 0.717) is 0 Å². The van der Waals surface area contributed by atoms with Gasteiger partial charge in [-0.3, -0.25) is 0 Å². The van der Waals surface area contributed by atoms with E-state index >= 15 is 0 Å². The minimum Gasteiger partial charge on any atom is -0.337 e. The highest BCUT2D eigenvalue weighted by Crippen LogP contribution is 2.29. The van der Waals surface area contributed by atoms with Gasteiger partial charge in [0.1, 0.15) is 11.4 Å². The van der Waals surface area contributed by atoms with Gasteiger partial charge in [0.05, 0.1) is 33.1 Å². The van der Waals surface area contributed by atoms with E-state index < -0.39 is 0 Å². The molecular formula is C20H12N6S2. The molecule has 0 bridgehead atoms. The number of aromatic amines is 2. The van der Waals surface area contributed by atoms with Crippen molar-refractivity contribution in [1.82, 2.24) is 29.9 Å². The van der Waals surface area contributed by atoms with E-state index in [9.17, 15) is 0 Å². The van der Waals surface area contributed by atoms with Gasteiger partial charge in [0.15, 0.2) is 11.6 Å². The second-order valence-electron chi connectivity index (χ2n) is 6.38. The molecule has 0 saturated heterocycles. The summed E-state index contributed by atoms with van der Waals surface area (Å²) < 4.78 is 0. The van der Waals surface area contributed by atoms with Crippen molar-refractivity contribution in [2.45, 2.75) is 0 Å². The second kappa shape index (κ2) is 6.08. The van der Waals surface area contributed by atoms with Crippen molar-refractivity contribution in [2.24, 2.45) is 0 Å². The zero-order valence-electron chi connectivity index (χ0n) is 14.4. The Balaban J connectivity index is 1.42. The summed E-state index contributed by atoms with van der Waals surface area (Å²) in [5.41, 5.74) is 11.4. The zero-order valence-corrected chi connectivity index (χ0v) is 16.0. The second-order valence-corrected chi connectivity index (χ2v) is 7.82. The first-order valence-electron chi connectivity index (χ1n) is 8.60. The third-order valence-electron chi connectivity index (χ3n) is 4.65. The van der Waals surface area contributed by atoms with E-state index in [2.05, 4.69) is 55.3 Å². The molecule has 0 amide bonds. The van der Waals surface area contributed by atoms with Crippen LogP contribution in [-0.4, -0.2) is 29.9 Å². The van der Waals surface area contributed by atoms with Crippen molar-refractivity contribution in [3.8, 4) is 34.2 Å². The predicted molar refractivity (Wildman–Crippen MR) is 113 cm³/mol. The normalized spacial score (nSPS) is 11.6. The van der Waals surface area contributed by atoms with Crippen molar-refractivity contribution in [3.63, 3.8) is 0 Å². The number of thiazole rings is 2. The van der Waals surface area contributed by atoms with E-state index in [1.54, 1.807) is 22.7 Å². The number of fused-ring (bicyclic) bond motifs is 2. The Kier molecular flexibility index (Phi) is 3.40. The molecule has 134 valence electrons. The largest absolute Gasteiger partial charge is 0.337 e. The molecule has 0 radical (unpaired) electrons. The molecule has 0 saturated carbocycles. The summed E-state index contributed by atoms with van der Waals surface area (Å²) in [6.45, 7) is 0. The minimum absolute atomic E-state index is 0.795. The maximum Gasteiger partial charge on any atom is 0.158 e. The molecule has 6 nitrogen and oxygen atoms in total. The fourth-order valence-corrected chi connectivity index (χ4v) is 4.35. The molecule has 2 N–H and O–H groups in total. The first-order valence-corrected chi connectivity index (χ1v) is 10.5. The number of benzene rings is 2. The monoisotopic (exact) mass is 400 g/mol. The number of nitrogens with zero attached hydrogens (tertiary/aromatic N) is 4. The highest BCUT2D eigenvalue weighted by molar-refractivity contribution is 7.08. The van der Waals surface area contributed by atoms with Gasteiger partial charge in [-0.25, -0.2) is 19.9 Å². The van der Waals surface area contributed by atoms with Crippen LogP contribution in [0, 0.1) is 0 Å². The molecule has 4 aromatic heterocycles. The highest BCUT2D eigenvalue weighted by atomic mass is 32.1. The number of rotatable bonds is 3. The van der Waals surface area contributed by atoms with Crippen molar-refractivity contribution >= 4 is 44.7 Å². The molecule has 0 aliphatic rings. The van der Waals surface area contributed by atoms with Crippen molar-refractivity contribution in [1.29, 1.82) is 0 Å². The third-order valence-corrected chi connectivity index (χ3v) is 5.82. The Labute approximate surface area is 167 Å².